The highest BCUT2D eigenvalue weighted by Crippen LogP contribution is 2.50. The lowest BCUT2D eigenvalue weighted by atomic mass is 9.80. The van der Waals surface area contributed by atoms with Crippen molar-refractivity contribution in [1.82, 2.24) is 0 Å². The van der Waals surface area contributed by atoms with E-state index >= 15 is 0 Å². The highest BCUT2D eigenvalue weighted by atomic mass is 14.4. The fourth-order valence-corrected chi connectivity index (χ4v) is 3.35. The minimum atomic E-state index is 0.557. The molecule has 0 aromatic rings. The third-order valence-corrected chi connectivity index (χ3v) is 4.15. The van der Waals surface area contributed by atoms with Gasteiger partial charge in [-0.15, -0.1) is 0 Å². The Hall–Kier alpha value is 0. The van der Waals surface area contributed by atoms with Gasteiger partial charge in [-0.3, -0.25) is 0 Å². The molecule has 2 saturated carbocycles. The normalized spacial score (nSPS) is 38.5. The maximum absolute atomic E-state index is 2.38. The Kier molecular flexibility index (Phi) is 2.42. The number of hydrogen-bond donors (Lipinski definition) is 0. The van der Waals surface area contributed by atoms with Gasteiger partial charge in [-0.1, -0.05) is 27.2 Å². The van der Waals surface area contributed by atoms with Gasteiger partial charge in [0, 0.05) is 0 Å². The molecule has 0 aromatic carbocycles. The Morgan fingerprint density at radius 2 is 1.85 bits per heavy atom. The van der Waals surface area contributed by atoms with E-state index in [4.69, 9.17) is 0 Å². The Labute approximate surface area is 83.1 Å². The molecule has 76 valence electrons. The second-order valence-corrected chi connectivity index (χ2v) is 6.53. The van der Waals surface area contributed by atoms with Crippen LogP contribution in [0.2, 0.25) is 0 Å². The molecule has 0 heterocycles. The molecule has 2 aliphatic carbocycles. The smallest absolute Gasteiger partial charge is 0.0383 e. The summed E-state index contributed by atoms with van der Waals surface area (Å²) in [5.41, 5.74) is 0.557. The minimum Gasteiger partial charge on any atom is -0.0602 e. The summed E-state index contributed by atoms with van der Waals surface area (Å²) in [6.07, 6.45) is 9.19. The van der Waals surface area contributed by atoms with Crippen LogP contribution in [0.1, 0.15) is 59.3 Å². The van der Waals surface area contributed by atoms with E-state index in [-0.39, 0.29) is 0 Å². The highest BCUT2D eigenvalue weighted by molar-refractivity contribution is 4.90. The second-order valence-electron chi connectivity index (χ2n) is 6.53. The topological polar surface area (TPSA) is 0 Å². The first-order chi connectivity index (χ1) is 6.04. The van der Waals surface area contributed by atoms with Gasteiger partial charge in [0.05, 0.1) is 0 Å². The summed E-state index contributed by atoms with van der Waals surface area (Å²) in [4.78, 5) is 0. The highest BCUT2D eigenvalue weighted by Gasteiger charge is 2.39. The minimum absolute atomic E-state index is 0.557. The van der Waals surface area contributed by atoms with E-state index in [1.807, 2.05) is 0 Å². The Morgan fingerprint density at radius 3 is 2.31 bits per heavy atom. The van der Waals surface area contributed by atoms with E-state index in [1.54, 1.807) is 25.7 Å². The predicted octanol–water partition coefficient (Wildman–Crippen LogP) is 4.25. The van der Waals surface area contributed by atoms with Crippen molar-refractivity contribution in [2.24, 2.45) is 23.2 Å². The molecule has 0 aliphatic heterocycles. The maximum atomic E-state index is 2.38. The second kappa shape index (κ2) is 3.29. The van der Waals surface area contributed by atoms with Crippen LogP contribution in [0.15, 0.2) is 0 Å². The van der Waals surface area contributed by atoms with Gasteiger partial charge in [-0.2, -0.15) is 0 Å². The molecule has 0 N–H and O–H groups in total. The van der Waals surface area contributed by atoms with E-state index in [0.29, 0.717) is 5.41 Å². The Balaban J connectivity index is 1.78. The number of hydrogen-bond acceptors (Lipinski definition) is 0. The summed E-state index contributed by atoms with van der Waals surface area (Å²) in [7, 11) is 0. The number of rotatable bonds is 2. The molecule has 0 saturated heterocycles. The Morgan fingerprint density at radius 1 is 1.08 bits per heavy atom. The van der Waals surface area contributed by atoms with Gasteiger partial charge in [0.1, 0.15) is 0 Å². The van der Waals surface area contributed by atoms with Crippen LogP contribution in [-0.2, 0) is 0 Å². The molecule has 2 bridgehead atoms. The average molecular weight is 180 g/mol. The third-order valence-electron chi connectivity index (χ3n) is 4.15. The van der Waals surface area contributed by atoms with E-state index < -0.39 is 0 Å². The molecular weight excluding hydrogens is 156 g/mol. The summed E-state index contributed by atoms with van der Waals surface area (Å²) in [5, 5.41) is 0. The number of fused-ring (bicyclic) bond motifs is 2. The van der Waals surface area contributed by atoms with Crippen molar-refractivity contribution in [1.29, 1.82) is 0 Å². The molecule has 2 aliphatic rings. The predicted molar refractivity (Wildman–Crippen MR) is 57.6 cm³/mol. The molecule has 2 fully saturated rings. The average Bonchev–Trinajstić information content (AvgIpc) is 2.58. The molecule has 0 heteroatoms. The van der Waals surface area contributed by atoms with E-state index in [0.717, 1.165) is 17.8 Å². The lowest BCUT2D eigenvalue weighted by molar-refractivity contribution is 0.258. The van der Waals surface area contributed by atoms with Crippen molar-refractivity contribution in [2.45, 2.75) is 59.3 Å². The van der Waals surface area contributed by atoms with Crippen LogP contribution < -0.4 is 0 Å². The molecule has 3 unspecified atom stereocenters. The lowest BCUT2D eigenvalue weighted by Gasteiger charge is -2.25. The summed E-state index contributed by atoms with van der Waals surface area (Å²) in [5.74, 6) is 3.38. The van der Waals surface area contributed by atoms with Gasteiger partial charge in [-0.25, -0.2) is 0 Å². The van der Waals surface area contributed by atoms with Crippen LogP contribution in [0.4, 0.5) is 0 Å². The Bertz CT molecular complexity index is 175. The zero-order chi connectivity index (χ0) is 9.47. The van der Waals surface area contributed by atoms with Crippen LogP contribution in [0, 0.1) is 23.2 Å². The summed E-state index contributed by atoms with van der Waals surface area (Å²) in [6.45, 7) is 7.13. The first-order valence-electron chi connectivity index (χ1n) is 6.04. The lowest BCUT2D eigenvalue weighted by Crippen LogP contribution is -2.14. The van der Waals surface area contributed by atoms with Gasteiger partial charge in [0.15, 0.2) is 0 Å². The van der Waals surface area contributed by atoms with Crippen molar-refractivity contribution in [3.05, 3.63) is 0 Å². The fraction of sp³-hybridized carbons (Fsp3) is 1.00. The molecule has 13 heavy (non-hydrogen) atoms. The summed E-state index contributed by atoms with van der Waals surface area (Å²) < 4.78 is 0. The molecule has 0 spiro atoms. The van der Waals surface area contributed by atoms with Crippen LogP contribution in [0.5, 0.6) is 0 Å². The molecular formula is C13H24. The summed E-state index contributed by atoms with van der Waals surface area (Å²) in [6, 6.07) is 0. The quantitative estimate of drug-likeness (QED) is 0.596. The van der Waals surface area contributed by atoms with Crippen LogP contribution >= 0.6 is 0 Å². The largest absolute Gasteiger partial charge is 0.0602 e. The van der Waals surface area contributed by atoms with Gasteiger partial charge >= 0.3 is 0 Å². The standard InChI is InChI=1S/C13H24/c1-13(2,3)7-6-12-9-10-4-5-11(12)8-10/h10-12H,4-9H2,1-3H3. The third kappa shape index (κ3) is 2.27. The van der Waals surface area contributed by atoms with Gasteiger partial charge in [0.2, 0.25) is 0 Å². The monoisotopic (exact) mass is 180 g/mol. The van der Waals surface area contributed by atoms with Crippen LogP contribution in [-0.4, -0.2) is 0 Å². The molecule has 0 aromatic heterocycles. The summed E-state index contributed by atoms with van der Waals surface area (Å²) >= 11 is 0. The van der Waals surface area contributed by atoms with Crippen LogP contribution in [0.25, 0.3) is 0 Å². The van der Waals surface area contributed by atoms with Gasteiger partial charge < -0.3 is 0 Å². The van der Waals surface area contributed by atoms with E-state index in [2.05, 4.69) is 20.8 Å². The molecule has 0 amide bonds. The van der Waals surface area contributed by atoms with E-state index in [1.165, 1.54) is 12.8 Å². The molecule has 3 atom stereocenters. The molecule has 2 rings (SSSR count). The fourth-order valence-electron chi connectivity index (χ4n) is 3.35. The van der Waals surface area contributed by atoms with Crippen molar-refractivity contribution in [2.75, 3.05) is 0 Å². The SMILES string of the molecule is CC(C)(C)CCC1CC2CCC1C2. The zero-order valence-electron chi connectivity index (χ0n) is 9.47. The van der Waals surface area contributed by atoms with Crippen molar-refractivity contribution < 1.29 is 0 Å². The first kappa shape index (κ1) is 9.55. The van der Waals surface area contributed by atoms with Gasteiger partial charge in [-0.05, 0) is 55.3 Å². The van der Waals surface area contributed by atoms with Gasteiger partial charge in [0.25, 0.3) is 0 Å². The van der Waals surface area contributed by atoms with Crippen molar-refractivity contribution >= 4 is 0 Å². The van der Waals surface area contributed by atoms with Crippen molar-refractivity contribution in [3.8, 4) is 0 Å². The van der Waals surface area contributed by atoms with Crippen LogP contribution in [0.3, 0.4) is 0 Å². The molecule has 0 nitrogen and oxygen atoms in total. The zero-order valence-corrected chi connectivity index (χ0v) is 9.47. The van der Waals surface area contributed by atoms with E-state index in [9.17, 15) is 0 Å². The van der Waals surface area contributed by atoms with Crippen molar-refractivity contribution in [3.63, 3.8) is 0 Å². The maximum Gasteiger partial charge on any atom is -0.0383 e. The molecule has 0 radical (unpaired) electrons. The first-order valence-corrected chi connectivity index (χ1v) is 6.04.